The maximum absolute atomic E-state index is 11.9. The van der Waals surface area contributed by atoms with E-state index in [0.29, 0.717) is 31.1 Å². The van der Waals surface area contributed by atoms with E-state index in [2.05, 4.69) is 12.2 Å². The fourth-order valence-electron chi connectivity index (χ4n) is 8.81. The first-order valence-electron chi connectivity index (χ1n) is 17.5. The third-order valence-corrected chi connectivity index (χ3v) is 11.2. The summed E-state index contributed by atoms with van der Waals surface area (Å²) in [5.41, 5.74) is 5.63. The van der Waals surface area contributed by atoms with Crippen LogP contribution in [0.1, 0.15) is 155 Å². The minimum Gasteiger partial charge on any atom is -0.550 e. The normalized spacial score (nSPS) is 30.0. The molecule has 2 saturated carbocycles. The number of rotatable bonds is 20. The van der Waals surface area contributed by atoms with Gasteiger partial charge in [0, 0.05) is 18.3 Å². The van der Waals surface area contributed by atoms with Crippen LogP contribution in [0.5, 0.6) is 0 Å². The van der Waals surface area contributed by atoms with Crippen LogP contribution in [0.25, 0.3) is 0 Å². The number of carboxylic acid groups (broad SMARTS) is 1. The molecule has 0 aromatic heterocycles. The maximum atomic E-state index is 11.9. The van der Waals surface area contributed by atoms with Crippen molar-refractivity contribution in [2.75, 3.05) is 6.54 Å². The summed E-state index contributed by atoms with van der Waals surface area (Å²) in [7, 11) is 0. The molecule has 0 aromatic carbocycles. The van der Waals surface area contributed by atoms with Crippen LogP contribution in [0.3, 0.4) is 0 Å². The molecule has 3 fully saturated rings. The van der Waals surface area contributed by atoms with Crippen molar-refractivity contribution in [3.63, 3.8) is 0 Å². The van der Waals surface area contributed by atoms with Gasteiger partial charge in [-0.1, -0.05) is 77.6 Å². The summed E-state index contributed by atoms with van der Waals surface area (Å²) in [5, 5.41) is 47.0. The molecule has 7 unspecified atom stereocenters. The molecule has 0 radical (unpaired) electrons. The number of aliphatic hydroxyl groups excluding tert-OH is 2. The number of piperidine rings is 1. The zero-order valence-electron chi connectivity index (χ0n) is 26.2. The predicted octanol–water partition coefficient (Wildman–Crippen LogP) is 3.91. The molecule has 3 rings (SSSR count). The van der Waals surface area contributed by atoms with Crippen molar-refractivity contribution in [1.29, 1.82) is 0 Å². The quantitative estimate of drug-likeness (QED) is 0.138. The maximum Gasteiger partial charge on any atom is 0.137 e. The van der Waals surface area contributed by atoms with Gasteiger partial charge in [0.15, 0.2) is 0 Å². The van der Waals surface area contributed by atoms with Gasteiger partial charge in [-0.3, -0.25) is 5.73 Å². The molecule has 3 aliphatic rings. The second kappa shape index (κ2) is 17.5. The van der Waals surface area contributed by atoms with Gasteiger partial charge < -0.3 is 30.5 Å². The third kappa shape index (κ3) is 11.4. The third-order valence-electron chi connectivity index (χ3n) is 11.2. The monoisotopic (exact) mass is 580 g/mol. The van der Waals surface area contributed by atoms with Crippen molar-refractivity contribution in [3.8, 4) is 0 Å². The van der Waals surface area contributed by atoms with E-state index in [1.54, 1.807) is 0 Å². The Morgan fingerprint density at radius 3 is 2.22 bits per heavy atom. The topological polar surface area (TPSA) is 143 Å². The van der Waals surface area contributed by atoms with Crippen LogP contribution in [0, 0.1) is 23.2 Å². The second-order valence-electron chi connectivity index (χ2n) is 14.6. The zero-order chi connectivity index (χ0) is 29.7. The Balaban J connectivity index is 1.38. The molecular formula is C34H64N2O5. The number of carboxylic acids is 1. The van der Waals surface area contributed by atoms with E-state index in [9.17, 15) is 25.2 Å². The van der Waals surface area contributed by atoms with Crippen LogP contribution >= 0.6 is 0 Å². The number of quaternary nitrogens is 1. The molecule has 0 amide bonds. The molecule has 0 aromatic rings. The molecule has 7 N–H and O–H groups in total. The Labute approximate surface area is 250 Å². The second-order valence-corrected chi connectivity index (χ2v) is 14.6. The van der Waals surface area contributed by atoms with Crippen molar-refractivity contribution >= 4 is 5.97 Å². The molecule has 1 saturated heterocycles. The van der Waals surface area contributed by atoms with Gasteiger partial charge in [-0.2, -0.15) is 0 Å². The summed E-state index contributed by atoms with van der Waals surface area (Å²) >= 11 is 0. The fourth-order valence-corrected chi connectivity index (χ4v) is 8.81. The van der Waals surface area contributed by atoms with E-state index in [-0.39, 0.29) is 17.7 Å². The lowest BCUT2D eigenvalue weighted by atomic mass is 9.71. The smallest absolute Gasteiger partial charge is 0.137 e. The lowest BCUT2D eigenvalue weighted by Gasteiger charge is -2.35. The first-order valence-corrected chi connectivity index (χ1v) is 17.5. The SMILES string of the molecule is CCCCCCCC(O)CCCCCCC(C(=O)[O-])C(O)CCC1(O)CC(CC2CC[NH2+]C(N)C2)C2(CCCC2)C1. The lowest BCUT2D eigenvalue weighted by Crippen LogP contribution is -2.94. The summed E-state index contributed by atoms with van der Waals surface area (Å²) in [6.45, 7) is 3.30. The van der Waals surface area contributed by atoms with Crippen LogP contribution in [0.2, 0.25) is 0 Å². The Morgan fingerprint density at radius 2 is 1.61 bits per heavy atom. The minimum atomic E-state index is -1.18. The standard InChI is InChI=1S/C34H64N2O5/c1-2-3-4-5-8-13-28(37)14-9-6-7-10-15-29(32(39)40)30(38)16-20-34(41)24-27(33(25-34)18-11-12-19-33)22-26-17-21-36-31(35)23-26/h26-31,36-38,41H,2-25,35H2,1H3,(H,39,40). The summed E-state index contributed by atoms with van der Waals surface area (Å²) in [6.07, 6.45) is 21.3. The van der Waals surface area contributed by atoms with Crippen LogP contribution in [-0.2, 0) is 4.79 Å². The summed E-state index contributed by atoms with van der Waals surface area (Å²) in [5.74, 6) is -0.930. The van der Waals surface area contributed by atoms with Gasteiger partial charge in [0.05, 0.1) is 24.4 Å². The predicted molar refractivity (Wildman–Crippen MR) is 162 cm³/mol. The largest absolute Gasteiger partial charge is 0.550 e. The molecule has 7 atom stereocenters. The van der Waals surface area contributed by atoms with Crippen molar-refractivity contribution in [1.82, 2.24) is 0 Å². The summed E-state index contributed by atoms with van der Waals surface area (Å²) in [6, 6.07) is 0. The highest BCUT2D eigenvalue weighted by molar-refractivity contribution is 5.68. The van der Waals surface area contributed by atoms with Crippen molar-refractivity contribution in [3.05, 3.63) is 0 Å². The van der Waals surface area contributed by atoms with Gasteiger partial charge in [0.1, 0.15) is 6.17 Å². The Bertz CT molecular complexity index is 745. The van der Waals surface area contributed by atoms with E-state index >= 15 is 0 Å². The number of nitrogens with two attached hydrogens (primary N) is 2. The molecule has 41 heavy (non-hydrogen) atoms. The van der Waals surface area contributed by atoms with E-state index in [1.165, 1.54) is 57.8 Å². The van der Waals surface area contributed by atoms with Crippen LogP contribution in [-0.4, -0.2) is 51.8 Å². The minimum absolute atomic E-state index is 0.196. The number of hydrogen-bond donors (Lipinski definition) is 5. The van der Waals surface area contributed by atoms with Gasteiger partial charge >= 0.3 is 0 Å². The Morgan fingerprint density at radius 1 is 0.976 bits per heavy atom. The molecular weight excluding hydrogens is 516 g/mol. The van der Waals surface area contributed by atoms with Gasteiger partial charge in [0.25, 0.3) is 0 Å². The van der Waals surface area contributed by atoms with Crippen LogP contribution in [0.15, 0.2) is 0 Å². The van der Waals surface area contributed by atoms with Crippen molar-refractivity contribution < 1.29 is 30.5 Å². The fraction of sp³-hybridized carbons (Fsp3) is 0.971. The summed E-state index contributed by atoms with van der Waals surface area (Å²) < 4.78 is 0. The van der Waals surface area contributed by atoms with E-state index in [0.717, 1.165) is 77.2 Å². The highest BCUT2D eigenvalue weighted by atomic mass is 16.4. The van der Waals surface area contributed by atoms with Gasteiger partial charge in [0.2, 0.25) is 0 Å². The number of carbonyl (C=O) groups excluding carboxylic acids is 1. The molecule has 1 aliphatic heterocycles. The van der Waals surface area contributed by atoms with Crippen molar-refractivity contribution in [2.45, 2.75) is 179 Å². The average Bonchev–Trinajstić information content (AvgIpc) is 3.50. The molecule has 7 heteroatoms. The first-order chi connectivity index (χ1) is 19.7. The molecule has 2 aliphatic carbocycles. The Hall–Kier alpha value is -0.730. The number of aliphatic hydroxyl groups is 3. The number of unbranched alkanes of at least 4 members (excludes halogenated alkanes) is 7. The highest BCUT2D eigenvalue weighted by Gasteiger charge is 2.54. The van der Waals surface area contributed by atoms with Gasteiger partial charge in [-0.15, -0.1) is 0 Å². The van der Waals surface area contributed by atoms with Crippen LogP contribution < -0.4 is 16.2 Å². The molecule has 240 valence electrons. The number of aliphatic carboxylic acids is 1. The van der Waals surface area contributed by atoms with Crippen LogP contribution in [0.4, 0.5) is 0 Å². The highest BCUT2D eigenvalue weighted by Crippen LogP contribution is 2.60. The number of carbonyl (C=O) groups is 1. The molecule has 1 spiro atoms. The Kier molecular flexibility index (Phi) is 14.9. The van der Waals surface area contributed by atoms with E-state index in [4.69, 9.17) is 5.73 Å². The summed E-state index contributed by atoms with van der Waals surface area (Å²) in [4.78, 5) is 11.9. The number of hydrogen-bond acceptors (Lipinski definition) is 6. The molecule has 1 heterocycles. The lowest BCUT2D eigenvalue weighted by molar-refractivity contribution is -0.699. The van der Waals surface area contributed by atoms with E-state index < -0.39 is 23.6 Å². The first kappa shape index (κ1) is 34.8. The van der Waals surface area contributed by atoms with Gasteiger partial charge in [-0.05, 0) is 87.9 Å². The average molecular weight is 581 g/mol. The van der Waals surface area contributed by atoms with E-state index in [1.807, 2.05) is 0 Å². The van der Waals surface area contributed by atoms with Crippen molar-refractivity contribution in [2.24, 2.45) is 28.9 Å². The molecule has 0 bridgehead atoms. The zero-order valence-corrected chi connectivity index (χ0v) is 26.2. The molecule has 7 nitrogen and oxygen atoms in total. The van der Waals surface area contributed by atoms with Gasteiger partial charge in [-0.25, -0.2) is 0 Å².